The standard InChI is InChI=1S/C10H20N2O2/c1-8(13)2-3-10(14)12-9-4-6-11-7-5-9/h8-9,11,13H,2-7H2,1H3,(H,12,14). The lowest BCUT2D eigenvalue weighted by Crippen LogP contribution is -2.42. The molecule has 4 heteroatoms. The quantitative estimate of drug-likeness (QED) is 0.599. The lowest BCUT2D eigenvalue weighted by atomic mass is 10.1. The Hall–Kier alpha value is -0.610. The zero-order valence-corrected chi connectivity index (χ0v) is 8.75. The molecule has 1 fully saturated rings. The fourth-order valence-corrected chi connectivity index (χ4v) is 1.61. The van der Waals surface area contributed by atoms with Crippen LogP contribution in [0.25, 0.3) is 0 Å². The summed E-state index contributed by atoms with van der Waals surface area (Å²) in [6.45, 7) is 3.68. The summed E-state index contributed by atoms with van der Waals surface area (Å²) in [7, 11) is 0. The minimum atomic E-state index is -0.381. The van der Waals surface area contributed by atoms with E-state index in [1.165, 1.54) is 0 Å². The maximum atomic E-state index is 11.4. The van der Waals surface area contributed by atoms with Crippen molar-refractivity contribution in [2.24, 2.45) is 0 Å². The summed E-state index contributed by atoms with van der Waals surface area (Å²) >= 11 is 0. The van der Waals surface area contributed by atoms with Gasteiger partial charge in [0.15, 0.2) is 0 Å². The summed E-state index contributed by atoms with van der Waals surface area (Å²) in [5.74, 6) is 0.0674. The van der Waals surface area contributed by atoms with Crippen molar-refractivity contribution >= 4 is 5.91 Å². The van der Waals surface area contributed by atoms with E-state index in [-0.39, 0.29) is 12.0 Å². The third-order valence-electron chi connectivity index (χ3n) is 2.49. The van der Waals surface area contributed by atoms with Crippen LogP contribution in [-0.2, 0) is 4.79 Å². The number of aliphatic hydroxyl groups is 1. The van der Waals surface area contributed by atoms with Gasteiger partial charge in [0, 0.05) is 12.5 Å². The van der Waals surface area contributed by atoms with E-state index in [1.807, 2.05) is 0 Å². The second kappa shape index (κ2) is 5.98. The van der Waals surface area contributed by atoms with Crippen LogP contribution >= 0.6 is 0 Å². The predicted octanol–water partition coefficient (Wildman–Crippen LogP) is 0.0156. The smallest absolute Gasteiger partial charge is 0.220 e. The minimum absolute atomic E-state index is 0.0674. The molecular formula is C10H20N2O2. The number of nitrogens with one attached hydrogen (secondary N) is 2. The van der Waals surface area contributed by atoms with Crippen LogP contribution < -0.4 is 10.6 Å². The van der Waals surface area contributed by atoms with Gasteiger partial charge in [0.2, 0.25) is 5.91 Å². The topological polar surface area (TPSA) is 61.4 Å². The number of piperidine rings is 1. The molecule has 0 aliphatic carbocycles. The number of carbonyl (C=O) groups excluding carboxylic acids is 1. The first kappa shape index (κ1) is 11.5. The molecule has 0 radical (unpaired) electrons. The molecule has 0 bridgehead atoms. The number of amides is 1. The van der Waals surface area contributed by atoms with E-state index in [4.69, 9.17) is 5.11 Å². The van der Waals surface area contributed by atoms with E-state index < -0.39 is 0 Å². The molecule has 0 aromatic heterocycles. The van der Waals surface area contributed by atoms with Gasteiger partial charge in [-0.3, -0.25) is 4.79 Å². The lowest BCUT2D eigenvalue weighted by molar-refractivity contribution is -0.122. The summed E-state index contributed by atoms with van der Waals surface area (Å²) in [4.78, 5) is 11.4. The van der Waals surface area contributed by atoms with Crippen LogP contribution in [-0.4, -0.2) is 36.2 Å². The Labute approximate surface area is 85.1 Å². The number of hydrogen-bond donors (Lipinski definition) is 3. The van der Waals surface area contributed by atoms with Crippen molar-refractivity contribution in [2.45, 2.75) is 44.8 Å². The summed E-state index contributed by atoms with van der Waals surface area (Å²) in [6, 6.07) is 0.331. The van der Waals surface area contributed by atoms with E-state index in [9.17, 15) is 4.79 Å². The minimum Gasteiger partial charge on any atom is -0.393 e. The normalized spacial score (nSPS) is 20.4. The average molecular weight is 200 g/mol. The highest BCUT2D eigenvalue weighted by atomic mass is 16.3. The highest BCUT2D eigenvalue weighted by Gasteiger charge is 2.15. The van der Waals surface area contributed by atoms with Gasteiger partial charge in [0.1, 0.15) is 0 Å². The molecule has 1 unspecified atom stereocenters. The molecule has 82 valence electrons. The Kier molecular flexibility index (Phi) is 4.90. The van der Waals surface area contributed by atoms with Gasteiger partial charge in [-0.1, -0.05) is 0 Å². The number of aliphatic hydroxyl groups excluding tert-OH is 1. The molecule has 1 aliphatic rings. The monoisotopic (exact) mass is 200 g/mol. The average Bonchev–Trinajstić information content (AvgIpc) is 2.16. The Balaban J connectivity index is 2.12. The third-order valence-corrected chi connectivity index (χ3v) is 2.49. The Morgan fingerprint density at radius 2 is 2.21 bits per heavy atom. The van der Waals surface area contributed by atoms with Gasteiger partial charge in [-0.05, 0) is 39.3 Å². The SMILES string of the molecule is CC(O)CCC(=O)NC1CCNCC1. The summed E-state index contributed by atoms with van der Waals surface area (Å²) < 4.78 is 0. The Bertz CT molecular complexity index is 177. The van der Waals surface area contributed by atoms with Gasteiger partial charge in [-0.25, -0.2) is 0 Å². The Morgan fingerprint density at radius 1 is 1.57 bits per heavy atom. The van der Waals surface area contributed by atoms with Gasteiger partial charge in [0.05, 0.1) is 6.10 Å². The number of hydrogen-bond acceptors (Lipinski definition) is 3. The molecule has 0 aromatic rings. The van der Waals surface area contributed by atoms with E-state index in [1.54, 1.807) is 6.92 Å². The maximum Gasteiger partial charge on any atom is 0.220 e. The van der Waals surface area contributed by atoms with Gasteiger partial charge >= 0.3 is 0 Å². The molecule has 3 N–H and O–H groups in total. The summed E-state index contributed by atoms with van der Waals surface area (Å²) in [5, 5.41) is 15.2. The van der Waals surface area contributed by atoms with Gasteiger partial charge in [-0.15, -0.1) is 0 Å². The van der Waals surface area contributed by atoms with Crippen molar-refractivity contribution < 1.29 is 9.90 Å². The lowest BCUT2D eigenvalue weighted by Gasteiger charge is -2.23. The van der Waals surface area contributed by atoms with Crippen LogP contribution in [0.15, 0.2) is 0 Å². The number of rotatable bonds is 4. The molecule has 1 amide bonds. The van der Waals surface area contributed by atoms with Crippen molar-refractivity contribution in [1.82, 2.24) is 10.6 Å². The molecule has 14 heavy (non-hydrogen) atoms. The molecule has 0 saturated carbocycles. The molecule has 1 heterocycles. The first-order valence-corrected chi connectivity index (χ1v) is 5.36. The van der Waals surface area contributed by atoms with Gasteiger partial charge in [-0.2, -0.15) is 0 Å². The summed E-state index contributed by atoms with van der Waals surface area (Å²) in [5.41, 5.74) is 0. The van der Waals surface area contributed by atoms with E-state index in [2.05, 4.69) is 10.6 Å². The highest BCUT2D eigenvalue weighted by molar-refractivity contribution is 5.76. The van der Waals surface area contributed by atoms with Crippen molar-refractivity contribution in [1.29, 1.82) is 0 Å². The van der Waals surface area contributed by atoms with E-state index in [0.29, 0.717) is 18.9 Å². The van der Waals surface area contributed by atoms with Crippen LogP contribution in [0.1, 0.15) is 32.6 Å². The predicted molar refractivity (Wildman–Crippen MR) is 54.9 cm³/mol. The maximum absolute atomic E-state index is 11.4. The fourth-order valence-electron chi connectivity index (χ4n) is 1.61. The van der Waals surface area contributed by atoms with Crippen molar-refractivity contribution in [2.75, 3.05) is 13.1 Å². The molecule has 1 atom stereocenters. The third kappa shape index (κ3) is 4.58. The highest BCUT2D eigenvalue weighted by Crippen LogP contribution is 2.03. The second-order valence-electron chi connectivity index (χ2n) is 3.98. The van der Waals surface area contributed by atoms with Crippen LogP contribution in [0, 0.1) is 0 Å². The van der Waals surface area contributed by atoms with Crippen molar-refractivity contribution in [3.05, 3.63) is 0 Å². The number of carbonyl (C=O) groups is 1. The largest absolute Gasteiger partial charge is 0.393 e. The second-order valence-corrected chi connectivity index (χ2v) is 3.98. The van der Waals surface area contributed by atoms with Crippen molar-refractivity contribution in [3.63, 3.8) is 0 Å². The molecule has 0 spiro atoms. The van der Waals surface area contributed by atoms with Crippen LogP contribution in [0.4, 0.5) is 0 Å². The molecule has 1 saturated heterocycles. The molecule has 4 nitrogen and oxygen atoms in total. The Morgan fingerprint density at radius 3 is 2.79 bits per heavy atom. The van der Waals surface area contributed by atoms with Crippen molar-refractivity contribution in [3.8, 4) is 0 Å². The molecular weight excluding hydrogens is 180 g/mol. The zero-order chi connectivity index (χ0) is 10.4. The van der Waals surface area contributed by atoms with Crippen LogP contribution in [0.5, 0.6) is 0 Å². The fraction of sp³-hybridized carbons (Fsp3) is 0.900. The molecule has 1 rings (SSSR count). The zero-order valence-electron chi connectivity index (χ0n) is 8.75. The summed E-state index contributed by atoms with van der Waals surface area (Å²) in [6.07, 6.45) is 2.63. The first-order chi connectivity index (χ1) is 6.68. The van der Waals surface area contributed by atoms with Gasteiger partial charge < -0.3 is 15.7 Å². The van der Waals surface area contributed by atoms with E-state index >= 15 is 0 Å². The molecule has 1 aliphatic heterocycles. The van der Waals surface area contributed by atoms with Gasteiger partial charge in [0.25, 0.3) is 0 Å². The molecule has 0 aromatic carbocycles. The van der Waals surface area contributed by atoms with Crippen LogP contribution in [0.2, 0.25) is 0 Å². The van der Waals surface area contributed by atoms with Crippen LogP contribution in [0.3, 0.4) is 0 Å². The first-order valence-electron chi connectivity index (χ1n) is 5.36. The van der Waals surface area contributed by atoms with E-state index in [0.717, 1.165) is 25.9 Å².